The Morgan fingerprint density at radius 3 is 1.90 bits per heavy atom. The number of halogens is 1. The van der Waals surface area contributed by atoms with Crippen LogP contribution in [0.1, 0.15) is 0 Å². The Balaban J connectivity index is 3.83. The average molecular weight is 158 g/mol. The van der Waals surface area contributed by atoms with Gasteiger partial charge in [-0.15, -0.1) is 13.2 Å². The highest BCUT2D eigenvalue weighted by atomic mass is 35.5. The van der Waals surface area contributed by atoms with Crippen molar-refractivity contribution in [1.29, 1.82) is 0 Å². The normalized spacial score (nSPS) is 8.50. The van der Waals surface area contributed by atoms with Crippen LogP contribution in [0.4, 0.5) is 0 Å². The van der Waals surface area contributed by atoms with Crippen LogP contribution in [-0.4, -0.2) is 18.0 Å². The highest BCUT2D eigenvalue weighted by Crippen LogP contribution is 2.05. The topological polar surface area (TPSA) is 3.24 Å². The third-order valence-corrected chi connectivity index (χ3v) is 1.28. The van der Waals surface area contributed by atoms with Crippen LogP contribution in [0.3, 0.4) is 0 Å². The fourth-order valence-electron chi connectivity index (χ4n) is 0.584. The predicted octanol–water partition coefficient (Wildman–Crippen LogP) is 2.37. The summed E-state index contributed by atoms with van der Waals surface area (Å²) in [6, 6.07) is 0. The van der Waals surface area contributed by atoms with Crippen molar-refractivity contribution in [3.8, 4) is 0 Å². The highest BCUT2D eigenvalue weighted by Gasteiger charge is 1.98. The molecule has 0 spiro atoms. The quantitative estimate of drug-likeness (QED) is 0.438. The maximum atomic E-state index is 5.64. The summed E-state index contributed by atoms with van der Waals surface area (Å²) >= 11 is 5.64. The fraction of sp³-hybridized carbons (Fsp3) is 0.250. The molecule has 0 N–H and O–H groups in total. The van der Waals surface area contributed by atoms with E-state index >= 15 is 0 Å². The predicted molar refractivity (Wildman–Crippen MR) is 47.0 cm³/mol. The van der Waals surface area contributed by atoms with Gasteiger partial charge in [0.1, 0.15) is 0 Å². The molecule has 0 rings (SSSR count). The average Bonchev–Trinajstić information content (AvgIpc) is 1.87. The molecule has 0 aromatic carbocycles. The minimum Gasteiger partial charge on any atom is -0.355 e. The molecule has 0 aliphatic carbocycles. The lowest BCUT2D eigenvalue weighted by atomic mass is 10.5. The molecule has 2 heteroatoms. The Hall–Kier alpha value is -0.690. The molecular weight excluding hydrogens is 146 g/mol. The molecule has 1 nitrogen and oxygen atoms in total. The van der Waals surface area contributed by atoms with Gasteiger partial charge < -0.3 is 4.90 Å². The first-order valence-corrected chi connectivity index (χ1v) is 3.41. The summed E-state index contributed by atoms with van der Waals surface area (Å²) in [6.45, 7) is 12.2. The summed E-state index contributed by atoms with van der Waals surface area (Å²) in [6.07, 6.45) is 3.55. The number of hydrogen-bond acceptors (Lipinski definition) is 1. The summed E-state index contributed by atoms with van der Waals surface area (Å²) in [7, 11) is 0. The van der Waals surface area contributed by atoms with Gasteiger partial charge in [0, 0.05) is 13.1 Å². The monoisotopic (exact) mass is 157 g/mol. The van der Waals surface area contributed by atoms with Gasteiger partial charge in [0.25, 0.3) is 0 Å². The maximum Gasteiger partial charge on any atom is 0.0976 e. The van der Waals surface area contributed by atoms with E-state index < -0.39 is 0 Å². The number of hydrogen-bond donors (Lipinski definition) is 0. The van der Waals surface area contributed by atoms with Crippen molar-refractivity contribution in [2.45, 2.75) is 0 Å². The third kappa shape index (κ3) is 3.36. The highest BCUT2D eigenvalue weighted by molar-refractivity contribution is 6.28. The first-order chi connectivity index (χ1) is 4.72. The van der Waals surface area contributed by atoms with Crippen LogP contribution >= 0.6 is 11.6 Å². The maximum absolute atomic E-state index is 5.64. The standard InChI is InChI=1S/C8H12ClN/c1-4-6-10(7-5-2)8(3)9/h4-5H,1-3,6-7H2. The Kier molecular flexibility index (Phi) is 4.77. The summed E-state index contributed by atoms with van der Waals surface area (Å²) in [5.41, 5.74) is 0. The molecule has 0 aliphatic heterocycles. The summed E-state index contributed by atoms with van der Waals surface area (Å²) in [4.78, 5) is 1.86. The van der Waals surface area contributed by atoms with E-state index in [4.69, 9.17) is 11.6 Å². The third-order valence-electron chi connectivity index (χ3n) is 1.04. The summed E-state index contributed by atoms with van der Waals surface area (Å²) in [5.74, 6) is 0. The second kappa shape index (κ2) is 5.12. The molecule has 0 amide bonds. The molecule has 10 heavy (non-hydrogen) atoms. The van der Waals surface area contributed by atoms with Crippen LogP contribution in [0.25, 0.3) is 0 Å². The zero-order valence-corrected chi connectivity index (χ0v) is 6.77. The Morgan fingerprint density at radius 2 is 1.70 bits per heavy atom. The van der Waals surface area contributed by atoms with E-state index in [9.17, 15) is 0 Å². The first-order valence-electron chi connectivity index (χ1n) is 3.03. The van der Waals surface area contributed by atoms with Gasteiger partial charge in [-0.2, -0.15) is 0 Å². The molecule has 0 bridgehead atoms. The van der Waals surface area contributed by atoms with Crippen molar-refractivity contribution < 1.29 is 0 Å². The van der Waals surface area contributed by atoms with Gasteiger partial charge in [-0.05, 0) is 0 Å². The van der Waals surface area contributed by atoms with Gasteiger partial charge >= 0.3 is 0 Å². The van der Waals surface area contributed by atoms with Crippen molar-refractivity contribution >= 4 is 11.6 Å². The molecule has 56 valence electrons. The molecule has 0 aromatic heterocycles. The van der Waals surface area contributed by atoms with E-state index in [-0.39, 0.29) is 0 Å². The molecule has 0 saturated carbocycles. The van der Waals surface area contributed by atoms with E-state index in [1.54, 1.807) is 12.2 Å². The molecule has 0 atom stereocenters. The molecule has 0 unspecified atom stereocenters. The molecule has 0 saturated heterocycles. The van der Waals surface area contributed by atoms with E-state index in [1.165, 1.54) is 0 Å². The largest absolute Gasteiger partial charge is 0.355 e. The SMILES string of the molecule is C=CCN(CC=C)C(=C)Cl. The number of nitrogens with zero attached hydrogens (tertiary/aromatic N) is 1. The Bertz CT molecular complexity index is 130. The zero-order chi connectivity index (χ0) is 7.98. The Labute approximate surface area is 67.3 Å². The van der Waals surface area contributed by atoms with E-state index in [0.29, 0.717) is 18.2 Å². The van der Waals surface area contributed by atoms with E-state index in [2.05, 4.69) is 19.7 Å². The lowest BCUT2D eigenvalue weighted by molar-refractivity contribution is 0.450. The van der Waals surface area contributed by atoms with Crippen LogP contribution in [0.15, 0.2) is 37.0 Å². The van der Waals surface area contributed by atoms with Crippen LogP contribution in [0.5, 0.6) is 0 Å². The van der Waals surface area contributed by atoms with Crippen LogP contribution in [0, 0.1) is 0 Å². The zero-order valence-electron chi connectivity index (χ0n) is 6.02. The molecule has 0 aliphatic rings. The fourth-order valence-corrected chi connectivity index (χ4v) is 0.722. The second-order valence-corrected chi connectivity index (χ2v) is 2.29. The van der Waals surface area contributed by atoms with Crippen molar-refractivity contribution in [2.24, 2.45) is 0 Å². The summed E-state index contributed by atoms with van der Waals surface area (Å²) in [5, 5.41) is 0.528. The van der Waals surface area contributed by atoms with Gasteiger partial charge in [0.05, 0.1) is 5.16 Å². The first kappa shape index (κ1) is 9.31. The van der Waals surface area contributed by atoms with Crippen LogP contribution in [-0.2, 0) is 0 Å². The van der Waals surface area contributed by atoms with Gasteiger partial charge in [0.15, 0.2) is 0 Å². The molecule has 0 heterocycles. The van der Waals surface area contributed by atoms with Gasteiger partial charge in [-0.25, -0.2) is 0 Å². The summed E-state index contributed by atoms with van der Waals surface area (Å²) < 4.78 is 0. The van der Waals surface area contributed by atoms with E-state index in [1.807, 2.05) is 4.90 Å². The van der Waals surface area contributed by atoms with Crippen LogP contribution in [0.2, 0.25) is 0 Å². The van der Waals surface area contributed by atoms with Gasteiger partial charge in [-0.1, -0.05) is 30.3 Å². The van der Waals surface area contributed by atoms with Crippen molar-refractivity contribution in [2.75, 3.05) is 13.1 Å². The molecular formula is C8H12ClN. The van der Waals surface area contributed by atoms with Crippen LogP contribution < -0.4 is 0 Å². The lowest BCUT2D eigenvalue weighted by Crippen LogP contribution is -2.19. The van der Waals surface area contributed by atoms with Gasteiger partial charge in [-0.3, -0.25) is 0 Å². The van der Waals surface area contributed by atoms with Gasteiger partial charge in [0.2, 0.25) is 0 Å². The minimum atomic E-state index is 0.528. The Morgan fingerprint density at radius 1 is 1.30 bits per heavy atom. The molecule has 0 aromatic rings. The lowest BCUT2D eigenvalue weighted by Gasteiger charge is -2.18. The van der Waals surface area contributed by atoms with Crippen molar-refractivity contribution in [3.05, 3.63) is 37.0 Å². The second-order valence-electron chi connectivity index (χ2n) is 1.86. The van der Waals surface area contributed by atoms with E-state index in [0.717, 1.165) is 0 Å². The number of rotatable bonds is 5. The smallest absolute Gasteiger partial charge is 0.0976 e. The molecule has 0 fully saturated rings. The van der Waals surface area contributed by atoms with Crippen molar-refractivity contribution in [1.82, 2.24) is 4.90 Å². The molecule has 0 radical (unpaired) electrons. The minimum absolute atomic E-state index is 0.528. The van der Waals surface area contributed by atoms with Crippen molar-refractivity contribution in [3.63, 3.8) is 0 Å².